The molecule has 2 aliphatic carbocycles. The van der Waals surface area contributed by atoms with Crippen molar-refractivity contribution in [3.8, 4) is 0 Å². The average molecular weight is 722 g/mol. The van der Waals surface area contributed by atoms with Crippen LogP contribution in [0.15, 0.2) is 41.8 Å². The smallest absolute Gasteiger partial charge is 0.411 e. The van der Waals surface area contributed by atoms with Gasteiger partial charge >= 0.3 is 12.2 Å². The first-order chi connectivity index (χ1) is 22.7. The van der Waals surface area contributed by atoms with Crippen molar-refractivity contribution in [2.45, 2.75) is 107 Å². The number of nitrogens with zero attached hydrogens (tertiary/aromatic N) is 1. The van der Waals surface area contributed by atoms with Gasteiger partial charge in [0.1, 0.15) is 29.3 Å². The topological polar surface area (TPSA) is 189 Å². The van der Waals surface area contributed by atoms with E-state index in [2.05, 4.69) is 27.3 Å². The van der Waals surface area contributed by atoms with Gasteiger partial charge in [-0.2, -0.15) is 0 Å². The standard InChI is InChI=1S/C33H47N5O9S2/c1-9-19-17-33(19,28(41)37-49(44,45)21-14-15-21)36-26(39)23-16-20(46-29(42)34-22-12-10-11-13-24(22)48-8)18-38(23)27(40)25(31(2,3)4)35-30(43)47-32(5,6)7/h9-13,19-21,23,25H,1,14-18H2,2-8H3,(H,34,42)(H,35,43)(H,36,39)(H,37,41)/t19?,20-,23+,25-,33-/m1/s1. The van der Waals surface area contributed by atoms with E-state index in [1.54, 1.807) is 53.7 Å². The van der Waals surface area contributed by atoms with Crippen LogP contribution >= 0.6 is 11.8 Å². The summed E-state index contributed by atoms with van der Waals surface area (Å²) in [5.74, 6) is -2.82. The maximum atomic E-state index is 14.3. The lowest BCUT2D eigenvalue weighted by molar-refractivity contribution is -0.143. The zero-order valence-corrected chi connectivity index (χ0v) is 30.6. The SMILES string of the molecule is C=CC1C[C@]1(NC(=O)[C@@H]1C[C@@H](OC(=O)Nc2ccccc2SC)CN1C(=O)[C@@H](NC(=O)OC(C)(C)C)C(C)(C)C)C(=O)NS(=O)(=O)C1CC1. The number of benzene rings is 1. The summed E-state index contributed by atoms with van der Waals surface area (Å²) in [5, 5.41) is 7.38. The molecule has 1 aromatic rings. The normalized spacial score (nSPS) is 24.2. The minimum absolute atomic E-state index is 0.108. The quantitative estimate of drug-likeness (QED) is 0.194. The van der Waals surface area contributed by atoms with E-state index < -0.39 is 85.8 Å². The zero-order valence-electron chi connectivity index (χ0n) is 29.0. The number of alkyl carbamates (subject to hydrolysis) is 1. The number of ether oxygens (including phenoxy) is 2. The number of amides is 5. The molecule has 5 amide bonds. The number of carbonyl (C=O) groups is 5. The van der Waals surface area contributed by atoms with Crippen LogP contribution in [0.4, 0.5) is 15.3 Å². The third-order valence-electron chi connectivity index (χ3n) is 8.49. The van der Waals surface area contributed by atoms with Gasteiger partial charge in [-0.1, -0.05) is 39.0 Å². The van der Waals surface area contributed by atoms with Gasteiger partial charge in [0.15, 0.2) is 0 Å². The lowest BCUT2D eigenvalue weighted by Crippen LogP contribution is -2.60. The lowest BCUT2D eigenvalue weighted by Gasteiger charge is -2.36. The second kappa shape index (κ2) is 14.2. The van der Waals surface area contributed by atoms with Crippen molar-refractivity contribution < 1.29 is 41.9 Å². The number of hydrogen-bond acceptors (Lipinski definition) is 10. The molecule has 3 fully saturated rings. The largest absolute Gasteiger partial charge is 0.444 e. The van der Waals surface area contributed by atoms with Crippen molar-refractivity contribution in [2.24, 2.45) is 11.3 Å². The Kier molecular flexibility index (Phi) is 11.0. The number of nitrogens with one attached hydrogen (secondary N) is 4. The number of thioether (sulfide) groups is 1. The minimum Gasteiger partial charge on any atom is -0.444 e. The highest BCUT2D eigenvalue weighted by Crippen LogP contribution is 2.45. The van der Waals surface area contributed by atoms with E-state index in [0.717, 1.165) is 4.90 Å². The highest BCUT2D eigenvalue weighted by molar-refractivity contribution is 7.98. The van der Waals surface area contributed by atoms with Crippen molar-refractivity contribution in [3.63, 3.8) is 0 Å². The molecule has 270 valence electrons. The number of sulfonamides is 1. The summed E-state index contributed by atoms with van der Waals surface area (Å²) in [6.45, 7) is 13.8. The van der Waals surface area contributed by atoms with Gasteiger partial charge in [0.2, 0.25) is 21.8 Å². The molecule has 5 atom stereocenters. The Labute approximate surface area is 291 Å². The molecular formula is C33H47N5O9S2. The molecule has 2 saturated carbocycles. The highest BCUT2D eigenvalue weighted by Gasteiger charge is 2.62. The Hall–Kier alpha value is -3.79. The van der Waals surface area contributed by atoms with Crippen LogP contribution in [-0.4, -0.2) is 90.6 Å². The van der Waals surface area contributed by atoms with Crippen LogP contribution in [0.5, 0.6) is 0 Å². The molecule has 0 spiro atoms. The van der Waals surface area contributed by atoms with Crippen molar-refractivity contribution in [1.29, 1.82) is 0 Å². The summed E-state index contributed by atoms with van der Waals surface area (Å²) in [7, 11) is -3.91. The van der Waals surface area contributed by atoms with E-state index in [1.807, 2.05) is 18.4 Å². The van der Waals surface area contributed by atoms with E-state index in [4.69, 9.17) is 9.47 Å². The van der Waals surface area contributed by atoms with Crippen molar-refractivity contribution in [1.82, 2.24) is 20.3 Å². The fourth-order valence-electron chi connectivity index (χ4n) is 5.67. The van der Waals surface area contributed by atoms with E-state index >= 15 is 0 Å². The van der Waals surface area contributed by atoms with E-state index in [-0.39, 0.29) is 19.4 Å². The van der Waals surface area contributed by atoms with Crippen LogP contribution in [0.2, 0.25) is 0 Å². The molecule has 3 aliphatic rings. The Morgan fingerprint density at radius 1 is 1.06 bits per heavy atom. The van der Waals surface area contributed by atoms with Crippen molar-refractivity contribution in [2.75, 3.05) is 18.1 Å². The number of likely N-dealkylation sites (tertiary alicyclic amines) is 1. The Morgan fingerprint density at radius 2 is 1.71 bits per heavy atom. The van der Waals surface area contributed by atoms with E-state index in [1.165, 1.54) is 22.7 Å². The van der Waals surface area contributed by atoms with Crippen LogP contribution in [0.25, 0.3) is 0 Å². The van der Waals surface area contributed by atoms with Gasteiger partial charge in [0.25, 0.3) is 5.91 Å². The molecule has 4 N–H and O–H groups in total. The third-order valence-corrected chi connectivity index (χ3v) is 11.1. The van der Waals surface area contributed by atoms with Crippen LogP contribution in [0, 0.1) is 11.3 Å². The van der Waals surface area contributed by atoms with Crippen LogP contribution in [-0.2, 0) is 33.9 Å². The summed E-state index contributed by atoms with van der Waals surface area (Å²) < 4.78 is 38.4. The Balaban J connectivity index is 1.59. The summed E-state index contributed by atoms with van der Waals surface area (Å²) in [6.07, 6.45) is 1.60. The summed E-state index contributed by atoms with van der Waals surface area (Å²) >= 11 is 1.43. The maximum Gasteiger partial charge on any atom is 0.411 e. The lowest BCUT2D eigenvalue weighted by atomic mass is 9.85. The van der Waals surface area contributed by atoms with E-state index in [9.17, 15) is 32.4 Å². The molecule has 0 radical (unpaired) electrons. The van der Waals surface area contributed by atoms with Crippen molar-refractivity contribution in [3.05, 3.63) is 36.9 Å². The molecular weight excluding hydrogens is 675 g/mol. The predicted octanol–water partition coefficient (Wildman–Crippen LogP) is 3.54. The molecule has 0 bridgehead atoms. The first kappa shape index (κ1) is 38.0. The summed E-state index contributed by atoms with van der Waals surface area (Å²) in [4.78, 5) is 69.5. The fraction of sp³-hybridized carbons (Fsp3) is 0.606. The monoisotopic (exact) mass is 721 g/mol. The highest BCUT2D eigenvalue weighted by atomic mass is 32.2. The van der Waals surface area contributed by atoms with Crippen LogP contribution < -0.4 is 20.7 Å². The zero-order chi connectivity index (χ0) is 36.5. The molecule has 1 saturated heterocycles. The van der Waals surface area contributed by atoms with Gasteiger partial charge in [-0.05, 0) is 63.8 Å². The number of anilines is 1. The van der Waals surface area contributed by atoms with E-state index in [0.29, 0.717) is 18.5 Å². The molecule has 1 heterocycles. The molecule has 1 unspecified atom stereocenters. The van der Waals surface area contributed by atoms with Crippen molar-refractivity contribution >= 4 is 57.4 Å². The third kappa shape index (κ3) is 9.26. The second-order valence-corrected chi connectivity index (χ2v) is 17.5. The predicted molar refractivity (Wildman–Crippen MR) is 184 cm³/mol. The first-order valence-electron chi connectivity index (χ1n) is 16.1. The van der Waals surface area contributed by atoms with Gasteiger partial charge in [0.05, 0.1) is 17.5 Å². The Morgan fingerprint density at radius 3 is 2.27 bits per heavy atom. The molecule has 14 nitrogen and oxygen atoms in total. The molecule has 4 rings (SSSR count). The molecule has 49 heavy (non-hydrogen) atoms. The number of rotatable bonds is 11. The molecule has 0 aromatic heterocycles. The van der Waals surface area contributed by atoms with Gasteiger partial charge in [-0.15, -0.1) is 18.3 Å². The average Bonchev–Trinajstić information content (AvgIpc) is 3.91. The number of para-hydroxylation sites is 1. The maximum absolute atomic E-state index is 14.3. The Bertz CT molecular complexity index is 1600. The van der Waals surface area contributed by atoms with Gasteiger partial charge in [-0.25, -0.2) is 18.0 Å². The minimum atomic E-state index is -3.91. The number of carbonyl (C=O) groups excluding carboxylic acids is 5. The van der Waals surface area contributed by atoms with Gasteiger partial charge in [-0.3, -0.25) is 24.4 Å². The fourth-order valence-corrected chi connectivity index (χ4v) is 7.59. The molecule has 1 aromatic carbocycles. The first-order valence-corrected chi connectivity index (χ1v) is 18.9. The second-order valence-electron chi connectivity index (χ2n) is 14.7. The summed E-state index contributed by atoms with van der Waals surface area (Å²) in [6, 6.07) is 4.72. The van der Waals surface area contributed by atoms with Gasteiger partial charge in [0, 0.05) is 17.2 Å². The number of hydrogen-bond donors (Lipinski definition) is 4. The summed E-state index contributed by atoms with van der Waals surface area (Å²) in [5.41, 5.74) is -2.77. The molecule has 1 aliphatic heterocycles. The van der Waals surface area contributed by atoms with Crippen LogP contribution in [0.3, 0.4) is 0 Å². The van der Waals surface area contributed by atoms with Crippen LogP contribution in [0.1, 0.15) is 67.2 Å². The molecule has 16 heteroatoms. The van der Waals surface area contributed by atoms with Gasteiger partial charge < -0.3 is 25.0 Å².